The number of hydrogen-bond acceptors (Lipinski definition) is 1. The van der Waals surface area contributed by atoms with Crippen LogP contribution in [-0.4, -0.2) is 5.11 Å². The highest BCUT2D eigenvalue weighted by molar-refractivity contribution is 7.80. The first-order valence-electron chi connectivity index (χ1n) is 6.67. The molecule has 21 heavy (non-hydrogen) atoms. The summed E-state index contributed by atoms with van der Waals surface area (Å²) in [5, 5.41) is 6.81. The van der Waals surface area contributed by atoms with Crippen LogP contribution >= 0.6 is 23.8 Å². The van der Waals surface area contributed by atoms with Gasteiger partial charge >= 0.3 is 0 Å². The Morgan fingerprint density at radius 3 is 2.57 bits per heavy atom. The smallest absolute Gasteiger partial charge is 0.171 e. The Bertz CT molecular complexity index is 619. The molecule has 0 fully saturated rings. The lowest BCUT2D eigenvalue weighted by atomic mass is 10.1. The highest BCUT2D eigenvalue weighted by Gasteiger charge is 2.10. The molecule has 1 atom stereocenters. The lowest BCUT2D eigenvalue weighted by Crippen LogP contribution is -2.32. The van der Waals surface area contributed by atoms with Crippen LogP contribution < -0.4 is 10.6 Å². The van der Waals surface area contributed by atoms with E-state index in [0.717, 1.165) is 6.42 Å². The Labute approximate surface area is 134 Å². The van der Waals surface area contributed by atoms with E-state index in [1.807, 2.05) is 18.2 Å². The Morgan fingerprint density at radius 1 is 1.24 bits per heavy atom. The maximum atomic E-state index is 13.1. The van der Waals surface area contributed by atoms with Crippen molar-refractivity contribution in [1.29, 1.82) is 0 Å². The van der Waals surface area contributed by atoms with Gasteiger partial charge < -0.3 is 10.6 Å². The maximum Gasteiger partial charge on any atom is 0.171 e. The van der Waals surface area contributed by atoms with Gasteiger partial charge in [-0.3, -0.25) is 0 Å². The average Bonchev–Trinajstić information content (AvgIpc) is 2.49. The highest BCUT2D eigenvalue weighted by atomic mass is 35.5. The van der Waals surface area contributed by atoms with Crippen molar-refractivity contribution >= 4 is 34.6 Å². The molecular weight excluding hydrogens is 307 g/mol. The van der Waals surface area contributed by atoms with Crippen molar-refractivity contribution in [3.8, 4) is 0 Å². The van der Waals surface area contributed by atoms with Crippen molar-refractivity contribution in [2.75, 3.05) is 5.32 Å². The minimum atomic E-state index is -0.447. The van der Waals surface area contributed by atoms with E-state index in [1.165, 1.54) is 17.7 Å². The van der Waals surface area contributed by atoms with Crippen molar-refractivity contribution in [2.24, 2.45) is 0 Å². The lowest BCUT2D eigenvalue weighted by molar-refractivity contribution is 0.627. The normalized spacial score (nSPS) is 11.8. The van der Waals surface area contributed by atoms with Crippen LogP contribution in [0.4, 0.5) is 10.1 Å². The van der Waals surface area contributed by atoms with Crippen LogP contribution in [0.2, 0.25) is 5.02 Å². The van der Waals surface area contributed by atoms with Gasteiger partial charge in [-0.05, 0) is 42.4 Å². The molecule has 0 aliphatic carbocycles. The van der Waals surface area contributed by atoms with Crippen LogP contribution in [0, 0.1) is 5.82 Å². The second kappa shape index (κ2) is 7.38. The van der Waals surface area contributed by atoms with E-state index < -0.39 is 5.82 Å². The van der Waals surface area contributed by atoms with E-state index in [-0.39, 0.29) is 11.1 Å². The summed E-state index contributed by atoms with van der Waals surface area (Å²) in [6, 6.07) is 14.6. The first-order chi connectivity index (χ1) is 10.1. The topological polar surface area (TPSA) is 24.1 Å². The number of nitrogens with one attached hydrogen (secondary N) is 2. The second-order valence-electron chi connectivity index (χ2n) is 4.60. The van der Waals surface area contributed by atoms with Crippen LogP contribution in [0.15, 0.2) is 48.5 Å². The van der Waals surface area contributed by atoms with E-state index in [1.54, 1.807) is 6.07 Å². The van der Waals surface area contributed by atoms with Gasteiger partial charge in [0.1, 0.15) is 5.82 Å². The summed E-state index contributed by atoms with van der Waals surface area (Å²) < 4.78 is 13.1. The van der Waals surface area contributed by atoms with Gasteiger partial charge in [-0.15, -0.1) is 0 Å². The van der Waals surface area contributed by atoms with Crippen molar-refractivity contribution < 1.29 is 4.39 Å². The lowest BCUT2D eigenvalue weighted by Gasteiger charge is -2.20. The molecule has 2 nitrogen and oxygen atoms in total. The number of halogens is 2. The molecule has 0 saturated heterocycles. The van der Waals surface area contributed by atoms with Crippen LogP contribution in [0.3, 0.4) is 0 Å². The first-order valence-corrected chi connectivity index (χ1v) is 7.46. The molecule has 5 heteroatoms. The third kappa shape index (κ3) is 4.41. The van der Waals surface area contributed by atoms with Crippen molar-refractivity contribution in [2.45, 2.75) is 19.4 Å². The molecule has 0 radical (unpaired) electrons. The molecule has 0 saturated carbocycles. The number of hydrogen-bond donors (Lipinski definition) is 2. The molecule has 2 aromatic carbocycles. The first kappa shape index (κ1) is 15.7. The quantitative estimate of drug-likeness (QED) is 0.781. The minimum absolute atomic E-state index is 0.0675. The molecular formula is C16H16ClFN2S. The van der Waals surface area contributed by atoms with Crippen LogP contribution in [0.25, 0.3) is 0 Å². The summed E-state index contributed by atoms with van der Waals surface area (Å²) >= 11 is 11.0. The molecule has 0 heterocycles. The summed E-state index contributed by atoms with van der Waals surface area (Å²) in [6.07, 6.45) is 0.899. The molecule has 0 aromatic heterocycles. The van der Waals surface area contributed by atoms with Gasteiger partial charge in [0.15, 0.2) is 5.11 Å². The molecule has 0 spiro atoms. The van der Waals surface area contributed by atoms with E-state index in [2.05, 4.69) is 29.7 Å². The number of benzene rings is 2. The average molecular weight is 323 g/mol. The van der Waals surface area contributed by atoms with E-state index in [4.69, 9.17) is 23.8 Å². The molecule has 0 bridgehead atoms. The number of anilines is 1. The van der Waals surface area contributed by atoms with Gasteiger partial charge in [-0.25, -0.2) is 4.39 Å². The van der Waals surface area contributed by atoms with Crippen molar-refractivity contribution in [3.63, 3.8) is 0 Å². The monoisotopic (exact) mass is 322 g/mol. The molecule has 0 amide bonds. The molecule has 110 valence electrons. The van der Waals surface area contributed by atoms with Gasteiger partial charge in [0, 0.05) is 5.69 Å². The van der Waals surface area contributed by atoms with Gasteiger partial charge in [0.05, 0.1) is 11.1 Å². The molecule has 1 unspecified atom stereocenters. The zero-order valence-corrected chi connectivity index (χ0v) is 13.1. The zero-order chi connectivity index (χ0) is 15.2. The van der Waals surface area contributed by atoms with Crippen molar-refractivity contribution in [3.05, 3.63) is 64.9 Å². The summed E-state index contributed by atoms with van der Waals surface area (Å²) in [4.78, 5) is 0. The predicted octanol–water partition coefficient (Wildman–Crippen LogP) is 4.92. The van der Waals surface area contributed by atoms with Crippen LogP contribution in [0.5, 0.6) is 0 Å². The fourth-order valence-corrected chi connectivity index (χ4v) is 2.45. The highest BCUT2D eigenvalue weighted by Crippen LogP contribution is 2.20. The maximum absolute atomic E-state index is 13.1. The van der Waals surface area contributed by atoms with Crippen LogP contribution in [-0.2, 0) is 0 Å². The zero-order valence-electron chi connectivity index (χ0n) is 11.6. The Kier molecular flexibility index (Phi) is 5.53. The summed E-state index contributed by atoms with van der Waals surface area (Å²) in [6.45, 7) is 2.09. The SMILES string of the molecule is CCC(NC(=S)Nc1ccc(F)c(Cl)c1)c1ccccc1. The Morgan fingerprint density at radius 2 is 1.95 bits per heavy atom. The largest absolute Gasteiger partial charge is 0.356 e. The third-order valence-electron chi connectivity index (χ3n) is 3.09. The van der Waals surface area contributed by atoms with Gasteiger partial charge in [0.2, 0.25) is 0 Å². The summed E-state index contributed by atoms with van der Waals surface area (Å²) in [7, 11) is 0. The fourth-order valence-electron chi connectivity index (χ4n) is 2.01. The second-order valence-corrected chi connectivity index (χ2v) is 5.41. The molecule has 2 rings (SSSR count). The van der Waals surface area contributed by atoms with Crippen molar-refractivity contribution in [1.82, 2.24) is 5.32 Å². The van der Waals surface area contributed by atoms with E-state index >= 15 is 0 Å². The predicted molar refractivity (Wildman–Crippen MR) is 90.2 cm³/mol. The fraction of sp³-hybridized carbons (Fsp3) is 0.188. The Hall–Kier alpha value is -1.65. The summed E-state index contributed by atoms with van der Waals surface area (Å²) in [5.74, 6) is -0.447. The molecule has 0 aliphatic rings. The van der Waals surface area contributed by atoms with Gasteiger partial charge in [0.25, 0.3) is 0 Å². The van der Waals surface area contributed by atoms with Gasteiger partial charge in [-0.2, -0.15) is 0 Å². The minimum Gasteiger partial charge on any atom is -0.356 e. The molecule has 0 aliphatic heterocycles. The number of thiocarbonyl (C=S) groups is 1. The number of rotatable bonds is 4. The summed E-state index contributed by atoms with van der Waals surface area (Å²) in [5.41, 5.74) is 1.82. The molecule has 2 aromatic rings. The van der Waals surface area contributed by atoms with E-state index in [0.29, 0.717) is 10.8 Å². The van der Waals surface area contributed by atoms with Crippen LogP contribution in [0.1, 0.15) is 24.9 Å². The van der Waals surface area contributed by atoms with E-state index in [9.17, 15) is 4.39 Å². The van der Waals surface area contributed by atoms with Gasteiger partial charge in [-0.1, -0.05) is 48.9 Å². The molecule has 2 N–H and O–H groups in total. The third-order valence-corrected chi connectivity index (χ3v) is 3.60. The Balaban J connectivity index is 2.01. The standard InChI is InChI=1S/C16H16ClFN2S/c1-2-15(11-6-4-3-5-7-11)20-16(21)19-12-8-9-14(18)13(17)10-12/h3-10,15H,2H2,1H3,(H2,19,20,21).